The fourth-order valence-corrected chi connectivity index (χ4v) is 1.85. The highest BCUT2D eigenvalue weighted by Crippen LogP contribution is 2.08. The van der Waals surface area contributed by atoms with Gasteiger partial charge in [0.05, 0.1) is 13.2 Å². The average Bonchev–Trinajstić information content (AvgIpc) is 2.09. The van der Waals surface area contributed by atoms with E-state index >= 15 is 0 Å². The van der Waals surface area contributed by atoms with E-state index in [1.807, 2.05) is 7.05 Å². The van der Waals surface area contributed by atoms with E-state index in [0.29, 0.717) is 6.04 Å². The summed E-state index contributed by atoms with van der Waals surface area (Å²) in [5, 5.41) is 3.21. The molecular weight excluding hydrogens is 164 g/mol. The third-order valence-electron chi connectivity index (χ3n) is 2.60. The second-order valence-electron chi connectivity index (χ2n) is 4.08. The van der Waals surface area contributed by atoms with E-state index in [0.717, 1.165) is 32.2 Å². The van der Waals surface area contributed by atoms with Crippen molar-refractivity contribution in [2.45, 2.75) is 19.9 Å². The van der Waals surface area contributed by atoms with E-state index in [1.165, 1.54) is 6.54 Å². The van der Waals surface area contributed by atoms with Gasteiger partial charge in [0.15, 0.2) is 0 Å². The molecule has 0 aliphatic carbocycles. The molecule has 1 N–H and O–H groups in total. The van der Waals surface area contributed by atoms with Gasteiger partial charge in [0, 0.05) is 19.1 Å². The maximum Gasteiger partial charge on any atom is 0.0619 e. The van der Waals surface area contributed by atoms with Crippen LogP contribution in [0.3, 0.4) is 0 Å². The minimum absolute atomic E-state index is 0.591. The van der Waals surface area contributed by atoms with Gasteiger partial charge in [-0.1, -0.05) is 6.92 Å². The number of morpholine rings is 1. The molecule has 0 aromatic heterocycles. The first-order valence-electron chi connectivity index (χ1n) is 5.20. The number of nitrogens with zero attached hydrogens (tertiary/aromatic N) is 1. The third-order valence-corrected chi connectivity index (χ3v) is 2.60. The van der Waals surface area contributed by atoms with Gasteiger partial charge in [-0.15, -0.1) is 0 Å². The van der Waals surface area contributed by atoms with Gasteiger partial charge in [-0.3, -0.25) is 4.90 Å². The molecule has 0 radical (unpaired) electrons. The Bertz CT molecular complexity index is 141. The van der Waals surface area contributed by atoms with Crippen LogP contribution >= 0.6 is 0 Å². The molecule has 1 saturated heterocycles. The molecule has 1 aliphatic heterocycles. The summed E-state index contributed by atoms with van der Waals surface area (Å²) in [6, 6.07) is 0.591. The van der Waals surface area contributed by atoms with Gasteiger partial charge < -0.3 is 10.1 Å². The number of hydrogen-bond acceptors (Lipinski definition) is 3. The molecule has 1 aliphatic rings. The second kappa shape index (κ2) is 5.58. The van der Waals surface area contributed by atoms with Gasteiger partial charge in [-0.05, 0) is 26.4 Å². The van der Waals surface area contributed by atoms with Crippen LogP contribution in [0, 0.1) is 5.92 Å². The molecule has 0 saturated carbocycles. The lowest BCUT2D eigenvalue weighted by molar-refractivity contribution is -0.00601. The fourth-order valence-electron chi connectivity index (χ4n) is 1.85. The summed E-state index contributed by atoms with van der Waals surface area (Å²) in [5.41, 5.74) is 0. The zero-order chi connectivity index (χ0) is 9.68. The first-order valence-corrected chi connectivity index (χ1v) is 5.20. The van der Waals surface area contributed by atoms with Crippen LogP contribution in [0.1, 0.15) is 13.8 Å². The van der Waals surface area contributed by atoms with Crippen molar-refractivity contribution in [2.24, 2.45) is 5.92 Å². The van der Waals surface area contributed by atoms with Crippen molar-refractivity contribution in [2.75, 3.05) is 39.9 Å². The van der Waals surface area contributed by atoms with Crippen LogP contribution in [0.4, 0.5) is 0 Å². The number of rotatable bonds is 4. The van der Waals surface area contributed by atoms with Gasteiger partial charge >= 0.3 is 0 Å². The Hall–Kier alpha value is -0.120. The van der Waals surface area contributed by atoms with E-state index in [1.54, 1.807) is 0 Å². The molecule has 2 unspecified atom stereocenters. The molecule has 78 valence electrons. The molecule has 0 bridgehead atoms. The van der Waals surface area contributed by atoms with E-state index in [2.05, 4.69) is 24.1 Å². The van der Waals surface area contributed by atoms with Gasteiger partial charge in [-0.25, -0.2) is 0 Å². The molecule has 3 heteroatoms. The standard InChI is InChI=1S/C10H22N2O/c1-9(6-11-3)7-12-4-5-13-8-10(12)2/h9-11H,4-8H2,1-3H3. The monoisotopic (exact) mass is 186 g/mol. The third kappa shape index (κ3) is 3.63. The summed E-state index contributed by atoms with van der Waals surface area (Å²) in [7, 11) is 2.01. The molecule has 0 amide bonds. The van der Waals surface area contributed by atoms with Crippen LogP contribution in [-0.4, -0.2) is 50.8 Å². The maximum absolute atomic E-state index is 5.40. The largest absolute Gasteiger partial charge is 0.379 e. The molecule has 1 rings (SSSR count). The summed E-state index contributed by atoms with van der Waals surface area (Å²) in [6.07, 6.45) is 0. The van der Waals surface area contributed by atoms with Crippen LogP contribution < -0.4 is 5.32 Å². The topological polar surface area (TPSA) is 24.5 Å². The van der Waals surface area contributed by atoms with Crippen LogP contribution in [0.25, 0.3) is 0 Å². The van der Waals surface area contributed by atoms with E-state index < -0.39 is 0 Å². The predicted octanol–water partition coefficient (Wildman–Crippen LogP) is 0.563. The normalized spacial score (nSPS) is 27.5. The second-order valence-corrected chi connectivity index (χ2v) is 4.08. The summed E-state index contributed by atoms with van der Waals surface area (Å²) in [6.45, 7) is 9.71. The molecule has 0 spiro atoms. The minimum Gasteiger partial charge on any atom is -0.379 e. The van der Waals surface area contributed by atoms with Gasteiger partial charge in [0.25, 0.3) is 0 Å². The van der Waals surface area contributed by atoms with Crippen molar-refractivity contribution in [1.82, 2.24) is 10.2 Å². The average molecular weight is 186 g/mol. The van der Waals surface area contributed by atoms with Crippen molar-refractivity contribution in [3.8, 4) is 0 Å². The Balaban J connectivity index is 2.25. The molecule has 0 aromatic rings. The zero-order valence-electron chi connectivity index (χ0n) is 9.05. The Morgan fingerprint density at radius 2 is 2.38 bits per heavy atom. The highest BCUT2D eigenvalue weighted by molar-refractivity contribution is 4.73. The minimum atomic E-state index is 0.591. The predicted molar refractivity (Wildman–Crippen MR) is 54.9 cm³/mol. The maximum atomic E-state index is 5.40. The number of nitrogens with one attached hydrogen (secondary N) is 1. The summed E-state index contributed by atoms with van der Waals surface area (Å²) in [5.74, 6) is 0.727. The molecule has 1 fully saturated rings. The summed E-state index contributed by atoms with van der Waals surface area (Å²) < 4.78 is 5.40. The Labute approximate surface area is 81.4 Å². The molecule has 13 heavy (non-hydrogen) atoms. The van der Waals surface area contributed by atoms with E-state index in [9.17, 15) is 0 Å². The highest BCUT2D eigenvalue weighted by atomic mass is 16.5. The van der Waals surface area contributed by atoms with Crippen LogP contribution in [0.15, 0.2) is 0 Å². The number of hydrogen-bond donors (Lipinski definition) is 1. The molecular formula is C10H22N2O. The SMILES string of the molecule is CNCC(C)CN1CCOCC1C. The lowest BCUT2D eigenvalue weighted by atomic mass is 10.1. The first kappa shape index (κ1) is 11.0. The molecule has 0 aromatic carbocycles. The zero-order valence-corrected chi connectivity index (χ0v) is 9.05. The van der Waals surface area contributed by atoms with Crippen LogP contribution in [0.2, 0.25) is 0 Å². The van der Waals surface area contributed by atoms with Crippen LogP contribution in [0.5, 0.6) is 0 Å². The summed E-state index contributed by atoms with van der Waals surface area (Å²) in [4.78, 5) is 2.52. The van der Waals surface area contributed by atoms with Crippen LogP contribution in [-0.2, 0) is 4.74 Å². The van der Waals surface area contributed by atoms with Crippen molar-refractivity contribution < 1.29 is 4.74 Å². The van der Waals surface area contributed by atoms with Crippen molar-refractivity contribution in [3.63, 3.8) is 0 Å². The Morgan fingerprint density at radius 3 is 3.00 bits per heavy atom. The van der Waals surface area contributed by atoms with Crippen molar-refractivity contribution in [3.05, 3.63) is 0 Å². The molecule has 2 atom stereocenters. The van der Waals surface area contributed by atoms with Gasteiger partial charge in [0.1, 0.15) is 0 Å². The molecule has 3 nitrogen and oxygen atoms in total. The summed E-state index contributed by atoms with van der Waals surface area (Å²) >= 11 is 0. The van der Waals surface area contributed by atoms with E-state index in [-0.39, 0.29) is 0 Å². The van der Waals surface area contributed by atoms with Crippen molar-refractivity contribution >= 4 is 0 Å². The lowest BCUT2D eigenvalue weighted by Crippen LogP contribution is -2.46. The smallest absolute Gasteiger partial charge is 0.0619 e. The number of ether oxygens (including phenoxy) is 1. The highest BCUT2D eigenvalue weighted by Gasteiger charge is 2.19. The van der Waals surface area contributed by atoms with Gasteiger partial charge in [0.2, 0.25) is 0 Å². The Morgan fingerprint density at radius 1 is 1.62 bits per heavy atom. The van der Waals surface area contributed by atoms with Crippen molar-refractivity contribution in [1.29, 1.82) is 0 Å². The lowest BCUT2D eigenvalue weighted by Gasteiger charge is -2.34. The van der Waals surface area contributed by atoms with E-state index in [4.69, 9.17) is 4.74 Å². The first-order chi connectivity index (χ1) is 6.24. The molecule has 1 heterocycles. The quantitative estimate of drug-likeness (QED) is 0.694. The Kier molecular flexibility index (Phi) is 4.70. The van der Waals surface area contributed by atoms with Gasteiger partial charge in [-0.2, -0.15) is 0 Å². The fraction of sp³-hybridized carbons (Fsp3) is 1.00.